The van der Waals surface area contributed by atoms with Gasteiger partial charge in [-0.3, -0.25) is 14.2 Å². The minimum Gasteiger partial charge on any atom is -0.341 e. The molecule has 0 aliphatic heterocycles. The minimum atomic E-state index is -0.287. The van der Waals surface area contributed by atoms with Crippen molar-refractivity contribution < 1.29 is 4.79 Å². The van der Waals surface area contributed by atoms with Crippen molar-refractivity contribution in [3.8, 4) is 11.4 Å². The highest BCUT2D eigenvalue weighted by Gasteiger charge is 2.46. The fourth-order valence-corrected chi connectivity index (χ4v) is 4.32. The van der Waals surface area contributed by atoms with Crippen molar-refractivity contribution >= 4 is 22.3 Å². The summed E-state index contributed by atoms with van der Waals surface area (Å²) >= 11 is 0. The topological polar surface area (TPSA) is 59.3 Å². The molecule has 31 heavy (non-hydrogen) atoms. The molecule has 0 atom stereocenters. The first-order valence-corrected chi connectivity index (χ1v) is 10.4. The molecule has 1 N–H and O–H groups in total. The summed E-state index contributed by atoms with van der Waals surface area (Å²) in [6.45, 7) is 0. The molecule has 0 spiro atoms. The lowest BCUT2D eigenvalue weighted by atomic mass is 10.0. The normalized spacial score (nSPS) is 14.6. The number of carbonyl (C=O) groups excluding carboxylic acids is 1. The molecule has 1 aliphatic rings. The van der Waals surface area contributed by atoms with Crippen LogP contribution in [-0.4, -0.2) is 20.3 Å². The van der Waals surface area contributed by atoms with Gasteiger partial charge in [0.25, 0.3) is 5.91 Å². The van der Waals surface area contributed by atoms with Gasteiger partial charge in [-0.15, -0.1) is 0 Å². The van der Waals surface area contributed by atoms with Crippen molar-refractivity contribution in [3.05, 3.63) is 103 Å². The fourth-order valence-electron chi connectivity index (χ4n) is 4.32. The Morgan fingerprint density at radius 1 is 0.903 bits per heavy atom. The van der Waals surface area contributed by atoms with Crippen LogP contribution in [0.4, 0.5) is 0 Å². The van der Waals surface area contributed by atoms with Crippen molar-refractivity contribution in [2.45, 2.75) is 18.4 Å². The molecule has 5 heteroatoms. The molecule has 3 heterocycles. The molecule has 0 bridgehead atoms. The second-order valence-corrected chi connectivity index (χ2v) is 8.02. The number of hydrogen-bond donors (Lipinski definition) is 1. The van der Waals surface area contributed by atoms with E-state index in [9.17, 15) is 4.79 Å². The number of pyridine rings is 2. The summed E-state index contributed by atoms with van der Waals surface area (Å²) in [5.41, 5.74) is 3.85. The number of imidazole rings is 1. The van der Waals surface area contributed by atoms with Crippen molar-refractivity contribution in [2.24, 2.45) is 0 Å². The highest BCUT2D eigenvalue weighted by atomic mass is 16.2. The molecule has 0 unspecified atom stereocenters. The van der Waals surface area contributed by atoms with Crippen molar-refractivity contribution in [3.63, 3.8) is 0 Å². The third kappa shape index (κ3) is 2.89. The van der Waals surface area contributed by atoms with Gasteiger partial charge in [-0.1, -0.05) is 54.6 Å². The van der Waals surface area contributed by atoms with Crippen LogP contribution in [0.2, 0.25) is 0 Å². The van der Waals surface area contributed by atoms with Crippen LogP contribution in [0.25, 0.3) is 27.8 Å². The maximum Gasteiger partial charge on any atom is 0.272 e. The van der Waals surface area contributed by atoms with E-state index in [0.717, 1.165) is 46.2 Å². The van der Waals surface area contributed by atoms with Gasteiger partial charge in [-0.2, -0.15) is 0 Å². The number of hydrogen-bond acceptors (Lipinski definition) is 3. The number of para-hydroxylation sites is 1. The Labute approximate surface area is 179 Å². The van der Waals surface area contributed by atoms with E-state index in [4.69, 9.17) is 4.98 Å². The molecule has 5 nitrogen and oxygen atoms in total. The second kappa shape index (κ2) is 6.77. The van der Waals surface area contributed by atoms with E-state index in [2.05, 4.69) is 22.4 Å². The number of benzene rings is 2. The Balaban J connectivity index is 1.46. The summed E-state index contributed by atoms with van der Waals surface area (Å²) < 4.78 is 1.97. The highest BCUT2D eigenvalue weighted by molar-refractivity contribution is 6.02. The summed E-state index contributed by atoms with van der Waals surface area (Å²) in [7, 11) is 0. The number of nitrogens with zero attached hydrogens (tertiary/aromatic N) is 3. The Kier molecular flexibility index (Phi) is 3.90. The van der Waals surface area contributed by atoms with Gasteiger partial charge >= 0.3 is 0 Å². The zero-order valence-electron chi connectivity index (χ0n) is 16.8. The second-order valence-electron chi connectivity index (χ2n) is 8.02. The van der Waals surface area contributed by atoms with E-state index < -0.39 is 0 Å². The van der Waals surface area contributed by atoms with Gasteiger partial charge in [0.2, 0.25) is 0 Å². The van der Waals surface area contributed by atoms with Gasteiger partial charge < -0.3 is 5.32 Å². The third-order valence-corrected chi connectivity index (χ3v) is 6.07. The number of rotatable bonds is 4. The van der Waals surface area contributed by atoms with Crippen molar-refractivity contribution in [1.82, 2.24) is 19.7 Å². The summed E-state index contributed by atoms with van der Waals surface area (Å²) in [4.78, 5) is 22.8. The number of nitrogens with one attached hydrogen (secondary N) is 1. The molecule has 3 aromatic heterocycles. The van der Waals surface area contributed by atoms with E-state index in [1.165, 1.54) is 0 Å². The van der Waals surface area contributed by atoms with Crippen molar-refractivity contribution in [2.75, 3.05) is 0 Å². The van der Waals surface area contributed by atoms with Crippen molar-refractivity contribution in [1.29, 1.82) is 0 Å². The molecular weight excluding hydrogens is 384 g/mol. The molecule has 150 valence electrons. The average molecular weight is 404 g/mol. The van der Waals surface area contributed by atoms with E-state index in [0.29, 0.717) is 5.69 Å². The van der Waals surface area contributed by atoms with E-state index in [1.807, 2.05) is 77.3 Å². The lowest BCUT2D eigenvalue weighted by Gasteiger charge is -2.17. The molecule has 2 aromatic carbocycles. The molecule has 0 saturated heterocycles. The highest BCUT2D eigenvalue weighted by Crippen LogP contribution is 2.45. The first-order chi connectivity index (χ1) is 15.3. The zero-order valence-corrected chi connectivity index (χ0v) is 16.8. The first-order valence-electron chi connectivity index (χ1n) is 10.4. The molecule has 1 amide bonds. The summed E-state index contributed by atoms with van der Waals surface area (Å²) in [6.07, 6.45) is 5.61. The molecule has 5 aromatic rings. The van der Waals surface area contributed by atoms with E-state index >= 15 is 0 Å². The first kappa shape index (κ1) is 17.8. The van der Waals surface area contributed by atoms with Gasteiger partial charge in [-0.25, -0.2) is 4.98 Å². The van der Waals surface area contributed by atoms with E-state index in [-0.39, 0.29) is 11.4 Å². The maximum absolute atomic E-state index is 13.4. The number of fused-ring (bicyclic) bond motifs is 2. The van der Waals surface area contributed by atoms with Gasteiger partial charge in [0, 0.05) is 23.3 Å². The van der Waals surface area contributed by atoms with Crippen LogP contribution < -0.4 is 5.32 Å². The molecule has 1 aliphatic carbocycles. The standard InChI is InChI=1S/C26H20N4O/c31-25(29-26(14-15-26)19-10-2-1-3-11-19)23-21-13-4-5-17-30(21)24(28-23)20-12-6-8-18-9-7-16-27-22(18)20/h1-13,16-17H,14-15H2,(H,29,31). The lowest BCUT2D eigenvalue weighted by Crippen LogP contribution is -2.35. The van der Waals surface area contributed by atoms with Crippen LogP contribution in [0.3, 0.4) is 0 Å². The van der Waals surface area contributed by atoms with E-state index in [1.54, 1.807) is 6.20 Å². The summed E-state index contributed by atoms with van der Waals surface area (Å²) in [6, 6.07) is 26.0. The fraction of sp³-hybridized carbons (Fsp3) is 0.115. The Hall–Kier alpha value is -3.99. The molecular formula is C26H20N4O. The van der Waals surface area contributed by atoms with Gasteiger partial charge in [0.05, 0.1) is 16.6 Å². The Bertz CT molecular complexity index is 1430. The van der Waals surface area contributed by atoms with Crippen LogP contribution in [-0.2, 0) is 5.54 Å². The number of aromatic nitrogens is 3. The average Bonchev–Trinajstić information content (AvgIpc) is 3.51. The van der Waals surface area contributed by atoms with Crippen LogP contribution in [0.15, 0.2) is 91.3 Å². The van der Waals surface area contributed by atoms with Crippen LogP contribution in [0, 0.1) is 0 Å². The quantitative estimate of drug-likeness (QED) is 0.460. The minimum absolute atomic E-state index is 0.149. The SMILES string of the molecule is O=C(NC1(c2ccccc2)CC1)c1nc(-c2cccc3cccnc23)n2ccccc12. The molecule has 1 saturated carbocycles. The van der Waals surface area contributed by atoms with Gasteiger partial charge in [0.1, 0.15) is 5.82 Å². The largest absolute Gasteiger partial charge is 0.341 e. The monoisotopic (exact) mass is 404 g/mol. The summed E-state index contributed by atoms with van der Waals surface area (Å²) in [5, 5.41) is 4.31. The van der Waals surface area contributed by atoms with Crippen LogP contribution >= 0.6 is 0 Å². The lowest BCUT2D eigenvalue weighted by molar-refractivity contribution is 0.0928. The Morgan fingerprint density at radius 3 is 2.55 bits per heavy atom. The number of carbonyl (C=O) groups is 1. The zero-order chi connectivity index (χ0) is 20.8. The smallest absolute Gasteiger partial charge is 0.272 e. The maximum atomic E-state index is 13.4. The molecule has 6 rings (SSSR count). The molecule has 0 radical (unpaired) electrons. The summed E-state index contributed by atoms with van der Waals surface area (Å²) in [5.74, 6) is 0.569. The predicted molar refractivity (Wildman–Crippen MR) is 121 cm³/mol. The third-order valence-electron chi connectivity index (χ3n) is 6.07. The molecule has 1 fully saturated rings. The van der Waals surface area contributed by atoms with Gasteiger partial charge in [0.15, 0.2) is 5.69 Å². The van der Waals surface area contributed by atoms with Crippen LogP contribution in [0.5, 0.6) is 0 Å². The van der Waals surface area contributed by atoms with Crippen LogP contribution in [0.1, 0.15) is 28.9 Å². The number of amides is 1. The Morgan fingerprint density at radius 2 is 1.71 bits per heavy atom. The van der Waals surface area contributed by atoms with Gasteiger partial charge in [-0.05, 0) is 42.7 Å². The predicted octanol–water partition coefficient (Wildman–Crippen LogP) is 4.97.